The second kappa shape index (κ2) is 8.51. The van der Waals surface area contributed by atoms with Crippen LogP contribution in [0, 0.1) is 0 Å². The Morgan fingerprint density at radius 1 is 1.23 bits per heavy atom. The summed E-state index contributed by atoms with van der Waals surface area (Å²) in [5, 5.41) is 17.2. The summed E-state index contributed by atoms with van der Waals surface area (Å²) in [6.45, 7) is 0.730. The van der Waals surface area contributed by atoms with E-state index in [2.05, 4.69) is 43.9 Å². The third-order valence-electron chi connectivity index (χ3n) is 2.90. The van der Waals surface area contributed by atoms with Gasteiger partial charge < -0.3 is 10.4 Å². The number of thiocarbonyl (C=S) groups is 1. The minimum Gasteiger partial charge on any atom is -0.507 e. The minimum absolute atomic E-state index is 0.164. The normalized spacial score (nSPS) is 10.6. The molecule has 0 amide bonds. The average molecular weight is 378 g/mol. The highest BCUT2D eigenvalue weighted by atomic mass is 79.9. The molecule has 6 heteroatoms. The highest BCUT2D eigenvalue weighted by molar-refractivity contribution is 9.10. The second-order valence-corrected chi connectivity index (χ2v) is 5.89. The molecule has 0 unspecified atom stereocenters. The first-order valence-electron chi connectivity index (χ1n) is 6.74. The van der Waals surface area contributed by atoms with Crippen molar-refractivity contribution in [1.82, 2.24) is 10.7 Å². The summed E-state index contributed by atoms with van der Waals surface area (Å²) in [6, 6.07) is 15.3. The molecule has 2 rings (SSSR count). The molecule has 0 fully saturated rings. The number of hydrazone groups is 1. The molecule has 0 spiro atoms. The van der Waals surface area contributed by atoms with Crippen LogP contribution in [0.2, 0.25) is 0 Å². The van der Waals surface area contributed by atoms with Gasteiger partial charge in [0, 0.05) is 16.6 Å². The number of nitrogens with zero attached hydrogens (tertiary/aromatic N) is 1. The van der Waals surface area contributed by atoms with Crippen LogP contribution >= 0.6 is 28.1 Å². The van der Waals surface area contributed by atoms with Gasteiger partial charge in [-0.05, 0) is 42.4 Å². The fourth-order valence-electron chi connectivity index (χ4n) is 1.79. The lowest BCUT2D eigenvalue weighted by Crippen LogP contribution is -2.33. The first kappa shape index (κ1) is 16.5. The summed E-state index contributed by atoms with van der Waals surface area (Å²) < 4.78 is 0.871. The lowest BCUT2D eigenvalue weighted by Gasteiger charge is -2.07. The van der Waals surface area contributed by atoms with Gasteiger partial charge in [0.2, 0.25) is 0 Å². The fourth-order valence-corrected chi connectivity index (χ4v) is 2.33. The van der Waals surface area contributed by atoms with Gasteiger partial charge in [0.15, 0.2) is 5.11 Å². The molecule has 2 aromatic rings. The van der Waals surface area contributed by atoms with Crippen LogP contribution in [-0.2, 0) is 6.42 Å². The van der Waals surface area contributed by atoms with Gasteiger partial charge in [-0.15, -0.1) is 0 Å². The maximum Gasteiger partial charge on any atom is 0.186 e. The molecule has 114 valence electrons. The Hall–Kier alpha value is -1.92. The summed E-state index contributed by atoms with van der Waals surface area (Å²) in [7, 11) is 0. The van der Waals surface area contributed by atoms with Crippen molar-refractivity contribution >= 4 is 39.5 Å². The van der Waals surface area contributed by atoms with Crippen molar-refractivity contribution in [3.8, 4) is 5.75 Å². The van der Waals surface area contributed by atoms with Crippen LogP contribution in [0.4, 0.5) is 0 Å². The molecule has 4 nitrogen and oxygen atoms in total. The van der Waals surface area contributed by atoms with Gasteiger partial charge in [0.25, 0.3) is 0 Å². The van der Waals surface area contributed by atoms with E-state index in [9.17, 15) is 5.11 Å². The minimum atomic E-state index is 0.164. The van der Waals surface area contributed by atoms with Crippen LogP contribution in [-0.4, -0.2) is 23.0 Å². The Kier molecular flexibility index (Phi) is 6.36. The molecule has 22 heavy (non-hydrogen) atoms. The first-order valence-corrected chi connectivity index (χ1v) is 7.94. The van der Waals surface area contributed by atoms with Crippen molar-refractivity contribution in [2.75, 3.05) is 6.54 Å². The fraction of sp³-hybridized carbons (Fsp3) is 0.125. The van der Waals surface area contributed by atoms with Crippen molar-refractivity contribution in [2.24, 2.45) is 5.10 Å². The van der Waals surface area contributed by atoms with E-state index in [0.717, 1.165) is 17.4 Å². The maximum absolute atomic E-state index is 9.68. The SMILES string of the molecule is Oc1ccc(Br)cc1/C=N/NC(=S)NCCc1ccccc1. The Bertz CT molecular complexity index is 662. The van der Waals surface area contributed by atoms with Gasteiger partial charge in [-0.25, -0.2) is 0 Å². The maximum atomic E-state index is 9.68. The van der Waals surface area contributed by atoms with Gasteiger partial charge >= 0.3 is 0 Å². The zero-order valence-corrected chi connectivity index (χ0v) is 14.2. The number of rotatable bonds is 5. The number of halogens is 1. The lowest BCUT2D eigenvalue weighted by molar-refractivity contribution is 0.474. The number of hydrogen-bond acceptors (Lipinski definition) is 3. The molecule has 0 radical (unpaired) electrons. The molecule has 2 aromatic carbocycles. The van der Waals surface area contributed by atoms with E-state index in [1.54, 1.807) is 18.2 Å². The molecular formula is C16H16BrN3OS. The number of benzene rings is 2. The molecule has 0 aliphatic heterocycles. The van der Waals surface area contributed by atoms with Gasteiger partial charge in [-0.1, -0.05) is 46.3 Å². The number of hydrogen-bond donors (Lipinski definition) is 3. The van der Waals surface area contributed by atoms with Gasteiger partial charge in [-0.2, -0.15) is 5.10 Å². The lowest BCUT2D eigenvalue weighted by atomic mass is 10.1. The van der Waals surface area contributed by atoms with E-state index in [1.807, 2.05) is 18.2 Å². The number of phenols is 1. The third kappa shape index (κ3) is 5.46. The Morgan fingerprint density at radius 3 is 2.77 bits per heavy atom. The molecule has 0 bridgehead atoms. The zero-order valence-electron chi connectivity index (χ0n) is 11.8. The summed E-state index contributed by atoms with van der Waals surface area (Å²) in [5.74, 6) is 0.164. The number of phenolic OH excluding ortho intramolecular Hbond substituents is 1. The summed E-state index contributed by atoms with van der Waals surface area (Å²) >= 11 is 8.48. The summed E-state index contributed by atoms with van der Waals surface area (Å²) in [6.07, 6.45) is 2.41. The molecule has 0 aliphatic carbocycles. The molecule has 0 atom stereocenters. The van der Waals surface area contributed by atoms with Gasteiger partial charge in [0.1, 0.15) is 5.75 Å². The summed E-state index contributed by atoms with van der Waals surface area (Å²) in [5.41, 5.74) is 4.58. The standard InChI is InChI=1S/C16H16BrN3OS/c17-14-6-7-15(21)13(10-14)11-19-20-16(22)18-9-8-12-4-2-1-3-5-12/h1-7,10-11,21H,8-9H2,(H2,18,20,22)/b19-11+. The van der Waals surface area contributed by atoms with Crippen LogP contribution in [0.3, 0.4) is 0 Å². The molecule has 3 N–H and O–H groups in total. The Balaban J connectivity index is 1.75. The average Bonchev–Trinajstić information content (AvgIpc) is 2.52. The van der Waals surface area contributed by atoms with Gasteiger partial charge in [-0.3, -0.25) is 5.43 Å². The quantitative estimate of drug-likeness (QED) is 0.425. The highest BCUT2D eigenvalue weighted by Crippen LogP contribution is 2.19. The van der Waals surface area contributed by atoms with Crippen LogP contribution in [0.25, 0.3) is 0 Å². The molecule has 0 aromatic heterocycles. The van der Waals surface area contributed by atoms with Crippen LogP contribution in [0.5, 0.6) is 5.75 Å². The smallest absolute Gasteiger partial charge is 0.186 e. The van der Waals surface area contributed by atoms with E-state index < -0.39 is 0 Å². The van der Waals surface area contributed by atoms with E-state index in [4.69, 9.17) is 12.2 Å². The molecule has 0 heterocycles. The third-order valence-corrected chi connectivity index (χ3v) is 3.63. The Labute approximate surface area is 143 Å². The van der Waals surface area contributed by atoms with Crippen molar-refractivity contribution < 1.29 is 5.11 Å². The van der Waals surface area contributed by atoms with E-state index in [-0.39, 0.29) is 5.75 Å². The van der Waals surface area contributed by atoms with Crippen molar-refractivity contribution in [3.05, 3.63) is 64.1 Å². The predicted molar refractivity (Wildman–Crippen MR) is 97.3 cm³/mol. The van der Waals surface area contributed by atoms with Crippen LogP contribution < -0.4 is 10.7 Å². The monoisotopic (exact) mass is 377 g/mol. The van der Waals surface area contributed by atoms with E-state index in [1.165, 1.54) is 11.8 Å². The van der Waals surface area contributed by atoms with Crippen LogP contribution in [0.15, 0.2) is 58.1 Å². The Morgan fingerprint density at radius 2 is 2.00 bits per heavy atom. The largest absolute Gasteiger partial charge is 0.507 e. The van der Waals surface area contributed by atoms with Crippen molar-refractivity contribution in [1.29, 1.82) is 0 Å². The molecule has 0 aliphatic rings. The number of nitrogens with one attached hydrogen (secondary N) is 2. The highest BCUT2D eigenvalue weighted by Gasteiger charge is 1.99. The van der Waals surface area contributed by atoms with Gasteiger partial charge in [0.05, 0.1) is 6.21 Å². The zero-order chi connectivity index (χ0) is 15.8. The predicted octanol–water partition coefficient (Wildman–Crippen LogP) is 3.20. The van der Waals surface area contributed by atoms with E-state index >= 15 is 0 Å². The van der Waals surface area contributed by atoms with Crippen LogP contribution in [0.1, 0.15) is 11.1 Å². The number of aromatic hydroxyl groups is 1. The second-order valence-electron chi connectivity index (χ2n) is 4.56. The van der Waals surface area contributed by atoms with Crippen molar-refractivity contribution in [2.45, 2.75) is 6.42 Å². The molecular weight excluding hydrogens is 362 g/mol. The topological polar surface area (TPSA) is 56.7 Å². The van der Waals surface area contributed by atoms with Crippen molar-refractivity contribution in [3.63, 3.8) is 0 Å². The molecule has 0 saturated heterocycles. The molecule has 0 saturated carbocycles. The van der Waals surface area contributed by atoms with E-state index in [0.29, 0.717) is 10.7 Å². The summed E-state index contributed by atoms with van der Waals surface area (Å²) in [4.78, 5) is 0. The first-order chi connectivity index (χ1) is 10.6.